The summed E-state index contributed by atoms with van der Waals surface area (Å²) in [6.07, 6.45) is 8.19. The molecule has 2 N–H and O–H groups in total. The Labute approximate surface area is 119 Å². The van der Waals surface area contributed by atoms with E-state index in [0.29, 0.717) is 0 Å². The molecule has 0 aliphatic heterocycles. The van der Waals surface area contributed by atoms with Crippen molar-refractivity contribution in [2.75, 3.05) is 0 Å². The number of carboxylic acids is 2. The number of aliphatic carboxylic acids is 2. The van der Waals surface area contributed by atoms with Crippen LogP contribution in [0.5, 0.6) is 0 Å². The van der Waals surface area contributed by atoms with Crippen molar-refractivity contribution in [3.8, 4) is 0 Å². The highest BCUT2D eigenvalue weighted by atomic mass is 32.1. The van der Waals surface area contributed by atoms with Crippen LogP contribution in [0.1, 0.15) is 10.4 Å². The lowest BCUT2D eigenvalue weighted by Gasteiger charge is -1.78. The minimum absolute atomic E-state index is 0.752. The molecule has 0 radical (unpaired) electrons. The van der Waals surface area contributed by atoms with Crippen LogP contribution in [0.25, 0.3) is 12.2 Å². The van der Waals surface area contributed by atoms with Gasteiger partial charge in [0, 0.05) is 22.6 Å². The van der Waals surface area contributed by atoms with Crippen molar-refractivity contribution >= 4 is 35.4 Å². The van der Waals surface area contributed by atoms with Crippen LogP contribution in [0, 0.1) is 0 Å². The van der Waals surface area contributed by atoms with Crippen LogP contribution in [0.2, 0.25) is 0 Å². The Morgan fingerprint density at radius 1 is 1.10 bits per heavy atom. The van der Waals surface area contributed by atoms with Crippen LogP contribution < -0.4 is 0 Å². The molecule has 2 heterocycles. The Hall–Kier alpha value is -2.60. The fourth-order valence-electron chi connectivity index (χ4n) is 1.08. The minimum atomic E-state index is -0.957. The summed E-state index contributed by atoms with van der Waals surface area (Å²) >= 11 is 1.51. The van der Waals surface area contributed by atoms with Crippen molar-refractivity contribution in [1.82, 2.24) is 0 Å². The molecule has 0 spiro atoms. The van der Waals surface area contributed by atoms with Crippen LogP contribution in [-0.4, -0.2) is 22.2 Å². The summed E-state index contributed by atoms with van der Waals surface area (Å²) in [7, 11) is 0. The molecule has 2 rings (SSSR count). The minimum Gasteiger partial charge on any atom is -0.478 e. The predicted molar refractivity (Wildman–Crippen MR) is 76.4 cm³/mol. The van der Waals surface area contributed by atoms with Gasteiger partial charge in [-0.2, -0.15) is 0 Å². The zero-order valence-corrected chi connectivity index (χ0v) is 11.1. The van der Waals surface area contributed by atoms with E-state index in [4.69, 9.17) is 14.6 Å². The van der Waals surface area contributed by atoms with Crippen molar-refractivity contribution in [2.24, 2.45) is 0 Å². The molecule has 0 saturated carbocycles. The summed E-state index contributed by atoms with van der Waals surface area (Å²) in [4.78, 5) is 20.9. The standard InChI is InChI=1S/C7H6O3.C7H6O2S/c8-7(9)2-1-6-3-4-10-5-6;8-7(9)4-3-6-2-1-5-10-6/h2*1-5H,(H,8,9)/b2-1+;. The van der Waals surface area contributed by atoms with Crippen LogP contribution in [0.15, 0.2) is 52.7 Å². The van der Waals surface area contributed by atoms with E-state index in [1.807, 2.05) is 17.5 Å². The second kappa shape index (κ2) is 8.49. The summed E-state index contributed by atoms with van der Waals surface area (Å²) in [5, 5.41) is 18.3. The first-order valence-corrected chi connectivity index (χ1v) is 6.33. The molecule has 0 bridgehead atoms. The molecule has 5 nitrogen and oxygen atoms in total. The van der Waals surface area contributed by atoms with E-state index in [2.05, 4.69) is 0 Å². The second-order valence-corrected chi connectivity index (χ2v) is 4.39. The Bertz CT molecular complexity index is 525. The molecule has 0 aliphatic rings. The number of hydrogen-bond acceptors (Lipinski definition) is 4. The summed E-state index contributed by atoms with van der Waals surface area (Å²) in [6, 6.07) is 5.43. The molecule has 2 aromatic rings. The van der Waals surface area contributed by atoms with E-state index < -0.39 is 11.9 Å². The number of hydrogen-bond donors (Lipinski definition) is 2. The molecule has 0 amide bonds. The van der Waals surface area contributed by atoms with E-state index in [0.717, 1.165) is 22.6 Å². The average Bonchev–Trinajstić information content (AvgIpc) is 3.08. The van der Waals surface area contributed by atoms with E-state index >= 15 is 0 Å². The zero-order chi connectivity index (χ0) is 14.8. The smallest absolute Gasteiger partial charge is 0.328 e. The largest absolute Gasteiger partial charge is 0.478 e. The third-order valence-corrected chi connectivity index (χ3v) is 2.73. The van der Waals surface area contributed by atoms with Gasteiger partial charge in [-0.3, -0.25) is 0 Å². The Kier molecular flexibility index (Phi) is 6.56. The maximum absolute atomic E-state index is 10.0. The van der Waals surface area contributed by atoms with Crippen molar-refractivity contribution in [3.05, 3.63) is 58.7 Å². The van der Waals surface area contributed by atoms with Gasteiger partial charge in [0.05, 0.1) is 12.5 Å². The number of carboxylic acid groups (broad SMARTS) is 2. The molecule has 0 atom stereocenters. The van der Waals surface area contributed by atoms with Gasteiger partial charge in [0.25, 0.3) is 0 Å². The topological polar surface area (TPSA) is 87.7 Å². The van der Waals surface area contributed by atoms with Crippen LogP contribution in [-0.2, 0) is 9.59 Å². The molecule has 20 heavy (non-hydrogen) atoms. The number of carbonyl (C=O) groups is 2. The maximum atomic E-state index is 10.0. The molecule has 0 saturated heterocycles. The lowest BCUT2D eigenvalue weighted by Crippen LogP contribution is -1.84. The maximum Gasteiger partial charge on any atom is 0.328 e. The first kappa shape index (κ1) is 15.5. The average molecular weight is 292 g/mol. The van der Waals surface area contributed by atoms with Crippen LogP contribution >= 0.6 is 11.3 Å². The van der Waals surface area contributed by atoms with E-state index in [9.17, 15) is 9.59 Å². The van der Waals surface area contributed by atoms with Crippen molar-refractivity contribution in [1.29, 1.82) is 0 Å². The van der Waals surface area contributed by atoms with Gasteiger partial charge in [0.15, 0.2) is 0 Å². The third kappa shape index (κ3) is 6.97. The molecule has 104 valence electrons. The van der Waals surface area contributed by atoms with Gasteiger partial charge in [0.2, 0.25) is 0 Å². The Morgan fingerprint density at radius 3 is 2.30 bits per heavy atom. The second-order valence-electron chi connectivity index (χ2n) is 3.42. The molecular weight excluding hydrogens is 280 g/mol. The first-order chi connectivity index (χ1) is 9.58. The molecule has 0 unspecified atom stereocenters. The predicted octanol–water partition coefficient (Wildman–Crippen LogP) is 3.22. The van der Waals surface area contributed by atoms with Gasteiger partial charge in [0.1, 0.15) is 0 Å². The van der Waals surface area contributed by atoms with Gasteiger partial charge >= 0.3 is 11.9 Å². The molecule has 2 aromatic heterocycles. The first-order valence-electron chi connectivity index (χ1n) is 5.45. The Balaban J connectivity index is 0.000000200. The van der Waals surface area contributed by atoms with Gasteiger partial charge < -0.3 is 14.6 Å². The SMILES string of the molecule is O=C(O)/C=C/c1ccoc1.O=C(O)C=Cc1cccs1. The highest BCUT2D eigenvalue weighted by Crippen LogP contribution is 2.09. The fourth-order valence-corrected chi connectivity index (χ4v) is 1.69. The molecule has 0 fully saturated rings. The summed E-state index contributed by atoms with van der Waals surface area (Å²) in [5.41, 5.74) is 0.752. The van der Waals surface area contributed by atoms with Crippen molar-refractivity contribution in [2.45, 2.75) is 0 Å². The van der Waals surface area contributed by atoms with E-state index in [1.54, 1.807) is 12.1 Å². The molecule has 0 aliphatic carbocycles. The van der Waals surface area contributed by atoms with E-state index in [1.165, 1.54) is 29.9 Å². The van der Waals surface area contributed by atoms with Crippen molar-refractivity contribution in [3.63, 3.8) is 0 Å². The lowest BCUT2D eigenvalue weighted by atomic mass is 10.3. The number of thiophene rings is 1. The summed E-state index contributed by atoms with van der Waals surface area (Å²) < 4.78 is 4.70. The molecule has 0 aromatic carbocycles. The Morgan fingerprint density at radius 2 is 1.80 bits per heavy atom. The van der Waals surface area contributed by atoms with Gasteiger partial charge in [-0.1, -0.05) is 6.07 Å². The number of furan rings is 1. The van der Waals surface area contributed by atoms with Gasteiger partial charge in [-0.15, -0.1) is 11.3 Å². The monoisotopic (exact) mass is 292 g/mol. The fraction of sp³-hybridized carbons (Fsp3) is 0. The van der Waals surface area contributed by atoms with Crippen LogP contribution in [0.3, 0.4) is 0 Å². The molecular formula is C14H12O5S. The quantitative estimate of drug-likeness (QED) is 0.845. The third-order valence-electron chi connectivity index (χ3n) is 1.89. The van der Waals surface area contributed by atoms with Crippen LogP contribution in [0.4, 0.5) is 0 Å². The molecule has 6 heteroatoms. The summed E-state index contributed by atoms with van der Waals surface area (Å²) in [5.74, 6) is -1.87. The zero-order valence-electron chi connectivity index (χ0n) is 10.3. The van der Waals surface area contributed by atoms with Gasteiger partial charge in [-0.25, -0.2) is 9.59 Å². The van der Waals surface area contributed by atoms with Gasteiger partial charge in [-0.05, 0) is 29.7 Å². The lowest BCUT2D eigenvalue weighted by molar-refractivity contribution is -0.132. The van der Waals surface area contributed by atoms with E-state index in [-0.39, 0.29) is 0 Å². The normalized spacial score (nSPS) is 10.4. The highest BCUT2D eigenvalue weighted by Gasteiger charge is 1.88. The van der Waals surface area contributed by atoms with Crippen molar-refractivity contribution < 1.29 is 24.2 Å². The summed E-state index contributed by atoms with van der Waals surface area (Å²) in [6.45, 7) is 0. The number of rotatable bonds is 4. The highest BCUT2D eigenvalue weighted by molar-refractivity contribution is 7.10.